The topological polar surface area (TPSA) is 46.6 Å². The Morgan fingerprint density at radius 3 is 2.68 bits per heavy atom. The fourth-order valence-electron chi connectivity index (χ4n) is 3.39. The zero-order chi connectivity index (χ0) is 17.6. The molecule has 2 heterocycles. The summed E-state index contributed by atoms with van der Waals surface area (Å²) in [6, 6.07) is 12.8. The molecule has 2 aromatic carbocycles. The maximum atomic E-state index is 13.6. The Balaban J connectivity index is 1.86. The molecule has 0 unspecified atom stereocenters. The van der Waals surface area contributed by atoms with E-state index in [4.69, 9.17) is 16.3 Å². The van der Waals surface area contributed by atoms with E-state index < -0.39 is 17.7 Å². The quantitative estimate of drug-likeness (QED) is 0.768. The first-order valence-electron chi connectivity index (χ1n) is 7.79. The van der Waals surface area contributed by atoms with E-state index in [-0.39, 0.29) is 18.9 Å². The van der Waals surface area contributed by atoms with Crippen molar-refractivity contribution in [1.82, 2.24) is 0 Å². The van der Waals surface area contributed by atoms with E-state index in [1.807, 2.05) is 6.07 Å². The molecule has 4 rings (SSSR count). The number of benzene rings is 2. The minimum Gasteiger partial charge on any atom is -0.456 e. The lowest BCUT2D eigenvalue weighted by molar-refractivity contribution is -0.136. The summed E-state index contributed by atoms with van der Waals surface area (Å²) in [5.74, 6) is -1.61. The zero-order valence-corrected chi connectivity index (χ0v) is 13.8. The van der Waals surface area contributed by atoms with Crippen LogP contribution in [-0.4, -0.2) is 18.5 Å². The Labute approximate surface area is 148 Å². The smallest absolute Gasteiger partial charge is 0.336 e. The van der Waals surface area contributed by atoms with Gasteiger partial charge in [0.1, 0.15) is 12.4 Å². The molecule has 0 bridgehead atoms. The van der Waals surface area contributed by atoms with Crippen LogP contribution in [0.3, 0.4) is 0 Å². The average molecular weight is 358 g/mol. The molecule has 1 amide bonds. The highest BCUT2D eigenvalue weighted by Crippen LogP contribution is 2.43. The van der Waals surface area contributed by atoms with Crippen LogP contribution >= 0.6 is 11.6 Å². The second kappa shape index (κ2) is 6.01. The molecule has 25 heavy (non-hydrogen) atoms. The molecule has 0 aliphatic carbocycles. The maximum absolute atomic E-state index is 13.6. The Bertz CT molecular complexity index is 924. The number of esters is 1. The van der Waals surface area contributed by atoms with E-state index >= 15 is 0 Å². The molecule has 126 valence electrons. The summed E-state index contributed by atoms with van der Waals surface area (Å²) >= 11 is 6.27. The average Bonchev–Trinajstić information content (AvgIpc) is 2.96. The lowest BCUT2D eigenvalue weighted by Crippen LogP contribution is -2.37. The number of hydrogen-bond acceptors (Lipinski definition) is 3. The van der Waals surface area contributed by atoms with Crippen molar-refractivity contribution in [1.29, 1.82) is 0 Å². The van der Waals surface area contributed by atoms with Gasteiger partial charge in [-0.15, -0.1) is 0 Å². The molecule has 0 spiro atoms. The van der Waals surface area contributed by atoms with Crippen LogP contribution in [0.25, 0.3) is 0 Å². The normalized spacial score (nSPS) is 19.9. The second-order valence-corrected chi connectivity index (χ2v) is 6.33. The third-order valence-corrected chi connectivity index (χ3v) is 4.81. The third-order valence-electron chi connectivity index (χ3n) is 4.46. The van der Waals surface area contributed by atoms with Crippen molar-refractivity contribution in [2.24, 2.45) is 0 Å². The van der Waals surface area contributed by atoms with Crippen molar-refractivity contribution in [2.45, 2.75) is 12.3 Å². The second-order valence-electron chi connectivity index (χ2n) is 5.92. The highest BCUT2D eigenvalue weighted by molar-refractivity contribution is 6.31. The number of rotatable bonds is 2. The SMILES string of the molecule is O=C1OCC2=C1[C@H](c1ccccc1Cl)CC(=O)N2c1cccc(F)c1. The van der Waals surface area contributed by atoms with E-state index in [0.717, 1.165) is 0 Å². The van der Waals surface area contributed by atoms with Crippen molar-refractivity contribution in [2.75, 3.05) is 11.5 Å². The van der Waals surface area contributed by atoms with Gasteiger partial charge in [-0.25, -0.2) is 9.18 Å². The van der Waals surface area contributed by atoms with Gasteiger partial charge in [0.15, 0.2) is 0 Å². The lowest BCUT2D eigenvalue weighted by atomic mass is 9.84. The van der Waals surface area contributed by atoms with Gasteiger partial charge >= 0.3 is 5.97 Å². The molecule has 6 heteroatoms. The molecule has 0 radical (unpaired) electrons. The first-order chi connectivity index (χ1) is 12.1. The fourth-order valence-corrected chi connectivity index (χ4v) is 3.66. The molecule has 0 saturated heterocycles. The molecule has 2 aliphatic heterocycles. The highest BCUT2D eigenvalue weighted by atomic mass is 35.5. The highest BCUT2D eigenvalue weighted by Gasteiger charge is 2.43. The Morgan fingerprint density at radius 1 is 1.12 bits per heavy atom. The number of hydrogen-bond donors (Lipinski definition) is 0. The van der Waals surface area contributed by atoms with Crippen LogP contribution in [0, 0.1) is 5.82 Å². The molecule has 1 atom stereocenters. The summed E-state index contributed by atoms with van der Waals surface area (Å²) in [7, 11) is 0. The number of ether oxygens (including phenoxy) is 1. The summed E-state index contributed by atoms with van der Waals surface area (Å²) in [6.07, 6.45) is 0.0637. The van der Waals surface area contributed by atoms with Crippen molar-refractivity contribution in [3.63, 3.8) is 0 Å². The van der Waals surface area contributed by atoms with Crippen molar-refractivity contribution in [3.05, 3.63) is 76.2 Å². The van der Waals surface area contributed by atoms with Gasteiger partial charge in [-0.1, -0.05) is 35.9 Å². The Morgan fingerprint density at radius 2 is 1.92 bits per heavy atom. The molecule has 0 N–H and O–H groups in total. The molecule has 0 fully saturated rings. The fraction of sp³-hybridized carbons (Fsp3) is 0.158. The van der Waals surface area contributed by atoms with Crippen LogP contribution in [-0.2, 0) is 14.3 Å². The van der Waals surface area contributed by atoms with Gasteiger partial charge < -0.3 is 4.74 Å². The third kappa shape index (κ3) is 2.61. The van der Waals surface area contributed by atoms with Crippen LogP contribution in [0.15, 0.2) is 59.8 Å². The number of carbonyl (C=O) groups excluding carboxylic acids is 2. The predicted molar refractivity (Wildman–Crippen MR) is 90.7 cm³/mol. The van der Waals surface area contributed by atoms with Gasteiger partial charge in [0.2, 0.25) is 5.91 Å². The molecule has 2 aliphatic rings. The monoisotopic (exact) mass is 357 g/mol. The van der Waals surface area contributed by atoms with Crippen LogP contribution in [0.5, 0.6) is 0 Å². The molecular weight excluding hydrogens is 345 g/mol. The van der Waals surface area contributed by atoms with Crippen LogP contribution in [0.2, 0.25) is 5.02 Å². The zero-order valence-electron chi connectivity index (χ0n) is 13.0. The molecular formula is C19H13ClFNO3. The maximum Gasteiger partial charge on any atom is 0.336 e. The van der Waals surface area contributed by atoms with Crippen molar-refractivity contribution in [3.8, 4) is 0 Å². The number of carbonyl (C=O) groups is 2. The van der Waals surface area contributed by atoms with E-state index in [0.29, 0.717) is 27.5 Å². The van der Waals surface area contributed by atoms with Gasteiger partial charge in [0, 0.05) is 17.4 Å². The van der Waals surface area contributed by atoms with E-state index in [1.165, 1.54) is 23.1 Å². The van der Waals surface area contributed by atoms with Gasteiger partial charge in [-0.3, -0.25) is 9.69 Å². The summed E-state index contributed by atoms with van der Waals surface area (Å²) in [6.45, 7) is -0.0165. The van der Waals surface area contributed by atoms with E-state index in [2.05, 4.69) is 0 Å². The number of anilines is 1. The minimum atomic E-state index is -0.464. The van der Waals surface area contributed by atoms with Gasteiger partial charge in [-0.05, 0) is 29.8 Å². The number of nitrogens with zero attached hydrogens (tertiary/aromatic N) is 1. The Hall–Kier alpha value is -2.66. The molecule has 0 aromatic heterocycles. The summed E-state index contributed by atoms with van der Waals surface area (Å²) < 4.78 is 18.8. The first kappa shape index (κ1) is 15.8. The summed E-state index contributed by atoms with van der Waals surface area (Å²) in [4.78, 5) is 26.5. The molecule has 4 nitrogen and oxygen atoms in total. The summed E-state index contributed by atoms with van der Waals surface area (Å²) in [5, 5.41) is 0.492. The first-order valence-corrected chi connectivity index (χ1v) is 8.17. The van der Waals surface area contributed by atoms with E-state index in [1.54, 1.807) is 24.3 Å². The largest absolute Gasteiger partial charge is 0.456 e. The van der Waals surface area contributed by atoms with Gasteiger partial charge in [0.25, 0.3) is 0 Å². The minimum absolute atomic E-state index is 0.0165. The van der Waals surface area contributed by atoms with E-state index in [9.17, 15) is 14.0 Å². The van der Waals surface area contributed by atoms with Crippen LogP contribution in [0.4, 0.5) is 10.1 Å². The number of cyclic esters (lactones) is 1. The van der Waals surface area contributed by atoms with Crippen molar-refractivity contribution >= 4 is 29.2 Å². The predicted octanol–water partition coefficient (Wildman–Crippen LogP) is 3.81. The van der Waals surface area contributed by atoms with Crippen LogP contribution in [0.1, 0.15) is 17.9 Å². The van der Waals surface area contributed by atoms with Crippen LogP contribution < -0.4 is 4.90 Å². The molecule has 0 saturated carbocycles. The van der Waals surface area contributed by atoms with Gasteiger partial charge in [-0.2, -0.15) is 0 Å². The lowest BCUT2D eigenvalue weighted by Gasteiger charge is -2.32. The standard InChI is InChI=1S/C19H13ClFNO3/c20-15-7-2-1-6-13(15)14-9-17(23)22(12-5-3-4-11(21)8-12)16-10-25-19(24)18(14)16/h1-8,14H,9-10H2/t14-/m0/s1. The number of amides is 1. The Kier molecular flexibility index (Phi) is 3.81. The number of halogens is 2. The van der Waals surface area contributed by atoms with Crippen molar-refractivity contribution < 1.29 is 18.7 Å². The van der Waals surface area contributed by atoms with Gasteiger partial charge in [0.05, 0.1) is 17.0 Å². The molecule has 2 aromatic rings. The summed E-state index contributed by atoms with van der Waals surface area (Å²) in [5.41, 5.74) is 1.96.